The number of para-hydroxylation sites is 1. The summed E-state index contributed by atoms with van der Waals surface area (Å²) in [7, 11) is -3.11. The second kappa shape index (κ2) is 7.07. The molecule has 0 aliphatic carbocycles. The van der Waals surface area contributed by atoms with Gasteiger partial charge in [-0.3, -0.25) is 0 Å². The second-order valence-corrected chi connectivity index (χ2v) is 8.12. The van der Waals surface area contributed by atoms with Gasteiger partial charge in [0.2, 0.25) is 10.0 Å². The van der Waals surface area contributed by atoms with E-state index >= 15 is 0 Å². The summed E-state index contributed by atoms with van der Waals surface area (Å²) in [5.74, 6) is 1.61. The fourth-order valence-corrected chi connectivity index (χ4v) is 3.97. The van der Waals surface area contributed by atoms with E-state index < -0.39 is 10.0 Å². The van der Waals surface area contributed by atoms with Crippen molar-refractivity contribution in [2.75, 3.05) is 32.6 Å². The number of fused-ring (bicyclic) bond motifs is 1. The van der Waals surface area contributed by atoms with Crippen molar-refractivity contribution >= 4 is 10.0 Å². The van der Waals surface area contributed by atoms with Gasteiger partial charge >= 0.3 is 0 Å². The van der Waals surface area contributed by atoms with Gasteiger partial charge < -0.3 is 14.8 Å². The number of nitrogens with zero attached hydrogens (tertiary/aromatic N) is 1. The lowest BCUT2D eigenvalue weighted by Gasteiger charge is -2.31. The molecule has 2 aliphatic heterocycles. The van der Waals surface area contributed by atoms with Crippen molar-refractivity contribution in [2.45, 2.75) is 31.8 Å². The van der Waals surface area contributed by atoms with Gasteiger partial charge in [0.25, 0.3) is 0 Å². The second-order valence-electron chi connectivity index (χ2n) is 6.14. The highest BCUT2D eigenvalue weighted by Crippen LogP contribution is 2.33. The van der Waals surface area contributed by atoms with Crippen LogP contribution in [-0.2, 0) is 16.6 Å². The summed E-state index contributed by atoms with van der Waals surface area (Å²) < 4.78 is 36.5. The molecule has 0 unspecified atom stereocenters. The molecule has 1 aromatic carbocycles. The van der Waals surface area contributed by atoms with Gasteiger partial charge in [0.1, 0.15) is 0 Å². The van der Waals surface area contributed by atoms with Gasteiger partial charge in [-0.05, 0) is 18.9 Å². The summed E-state index contributed by atoms with van der Waals surface area (Å²) in [6.07, 6.45) is 4.03. The fourth-order valence-electron chi connectivity index (χ4n) is 3.06. The molecular formula is C16H24N2O4S. The van der Waals surface area contributed by atoms with Crippen LogP contribution in [0.2, 0.25) is 0 Å². The molecule has 3 rings (SSSR count). The number of nitrogens with one attached hydrogen (secondary N) is 1. The van der Waals surface area contributed by atoms with Gasteiger partial charge in [0.15, 0.2) is 11.5 Å². The molecule has 0 aromatic heterocycles. The molecule has 0 saturated carbocycles. The first-order valence-electron chi connectivity index (χ1n) is 8.10. The van der Waals surface area contributed by atoms with Crippen LogP contribution in [0, 0.1) is 0 Å². The topological polar surface area (TPSA) is 67.9 Å². The van der Waals surface area contributed by atoms with Crippen molar-refractivity contribution in [3.8, 4) is 11.5 Å². The maximum absolute atomic E-state index is 11.7. The molecule has 1 N–H and O–H groups in total. The first-order chi connectivity index (χ1) is 11.0. The van der Waals surface area contributed by atoms with Crippen LogP contribution in [0.15, 0.2) is 18.2 Å². The molecule has 0 amide bonds. The third-order valence-electron chi connectivity index (χ3n) is 4.29. The predicted octanol–water partition coefficient (Wildman–Crippen LogP) is 1.36. The Morgan fingerprint density at radius 1 is 1.26 bits per heavy atom. The summed E-state index contributed by atoms with van der Waals surface area (Å²) in [6.45, 7) is 3.14. The van der Waals surface area contributed by atoms with Crippen LogP contribution in [-0.4, -0.2) is 51.3 Å². The van der Waals surface area contributed by atoms with E-state index in [4.69, 9.17) is 9.47 Å². The smallest absolute Gasteiger partial charge is 0.211 e. The van der Waals surface area contributed by atoms with Gasteiger partial charge in [-0.2, -0.15) is 0 Å². The van der Waals surface area contributed by atoms with Crippen molar-refractivity contribution in [1.29, 1.82) is 0 Å². The fraction of sp³-hybridized carbons (Fsp3) is 0.625. The van der Waals surface area contributed by atoms with Gasteiger partial charge in [-0.15, -0.1) is 0 Å². The third-order valence-corrected chi connectivity index (χ3v) is 5.56. The van der Waals surface area contributed by atoms with Gasteiger partial charge in [-0.25, -0.2) is 12.7 Å². The monoisotopic (exact) mass is 340 g/mol. The highest BCUT2D eigenvalue weighted by Gasteiger charge is 2.26. The zero-order chi connectivity index (χ0) is 16.3. The lowest BCUT2D eigenvalue weighted by atomic mass is 10.1. The van der Waals surface area contributed by atoms with Crippen LogP contribution in [0.5, 0.6) is 11.5 Å². The molecule has 0 radical (unpaired) electrons. The van der Waals surface area contributed by atoms with E-state index in [1.54, 1.807) is 4.31 Å². The largest absolute Gasteiger partial charge is 0.490 e. The van der Waals surface area contributed by atoms with Crippen molar-refractivity contribution in [2.24, 2.45) is 0 Å². The molecular weight excluding hydrogens is 316 g/mol. The Bertz CT molecular complexity index is 647. The van der Waals surface area contributed by atoms with Gasteiger partial charge in [0, 0.05) is 37.7 Å². The number of hydrogen-bond donors (Lipinski definition) is 1. The summed E-state index contributed by atoms with van der Waals surface area (Å²) in [5.41, 5.74) is 1.06. The van der Waals surface area contributed by atoms with Crippen LogP contribution >= 0.6 is 0 Å². The van der Waals surface area contributed by atoms with Gasteiger partial charge in [0.05, 0.1) is 19.5 Å². The van der Waals surface area contributed by atoms with E-state index in [0.717, 1.165) is 36.3 Å². The molecule has 23 heavy (non-hydrogen) atoms. The van der Waals surface area contributed by atoms with Crippen molar-refractivity contribution in [3.05, 3.63) is 23.8 Å². The number of benzene rings is 1. The average molecular weight is 340 g/mol. The quantitative estimate of drug-likeness (QED) is 0.896. The molecule has 1 fully saturated rings. The number of ether oxygens (including phenoxy) is 2. The SMILES string of the molecule is CS(=O)(=O)N1CCC[C@H](NCc2cccc3c2OCCCO3)C1. The van der Waals surface area contributed by atoms with E-state index in [1.165, 1.54) is 6.26 Å². The minimum atomic E-state index is -3.11. The number of rotatable bonds is 4. The van der Waals surface area contributed by atoms with E-state index in [1.807, 2.05) is 18.2 Å². The Morgan fingerprint density at radius 2 is 2.09 bits per heavy atom. The van der Waals surface area contributed by atoms with E-state index in [-0.39, 0.29) is 6.04 Å². The molecule has 7 heteroatoms. The minimum absolute atomic E-state index is 0.168. The molecule has 2 aliphatic rings. The van der Waals surface area contributed by atoms with Crippen LogP contribution in [0.3, 0.4) is 0 Å². The molecule has 128 valence electrons. The first-order valence-corrected chi connectivity index (χ1v) is 9.95. The standard InChI is InChI=1S/C16H24N2O4S/c1-23(19,20)18-8-3-6-14(12-18)17-11-13-5-2-7-15-16(13)22-10-4-9-21-15/h2,5,7,14,17H,3-4,6,8-12H2,1H3/t14-/m0/s1. The lowest BCUT2D eigenvalue weighted by molar-refractivity contribution is 0.280. The Labute approximate surface area is 137 Å². The van der Waals surface area contributed by atoms with Crippen LogP contribution in [0.4, 0.5) is 0 Å². The summed E-state index contributed by atoms with van der Waals surface area (Å²) in [5, 5.41) is 3.47. The third kappa shape index (κ3) is 4.16. The molecule has 0 spiro atoms. The van der Waals surface area contributed by atoms with E-state index in [2.05, 4.69) is 5.32 Å². The van der Waals surface area contributed by atoms with Crippen molar-refractivity contribution < 1.29 is 17.9 Å². The normalized spacial score (nSPS) is 22.6. The molecule has 6 nitrogen and oxygen atoms in total. The highest BCUT2D eigenvalue weighted by atomic mass is 32.2. The van der Waals surface area contributed by atoms with Crippen LogP contribution in [0.1, 0.15) is 24.8 Å². The first kappa shape index (κ1) is 16.5. The van der Waals surface area contributed by atoms with Crippen LogP contribution < -0.4 is 14.8 Å². The van der Waals surface area contributed by atoms with Crippen molar-refractivity contribution in [1.82, 2.24) is 9.62 Å². The number of piperidine rings is 1. The summed E-state index contributed by atoms with van der Waals surface area (Å²) >= 11 is 0. The Balaban J connectivity index is 1.64. The Kier molecular flexibility index (Phi) is 5.08. The number of hydrogen-bond acceptors (Lipinski definition) is 5. The maximum Gasteiger partial charge on any atom is 0.211 e. The highest BCUT2D eigenvalue weighted by molar-refractivity contribution is 7.88. The zero-order valence-corrected chi connectivity index (χ0v) is 14.3. The molecule has 2 heterocycles. The molecule has 1 atom stereocenters. The number of sulfonamides is 1. The Hall–Kier alpha value is -1.31. The maximum atomic E-state index is 11.7. The molecule has 1 saturated heterocycles. The predicted molar refractivity (Wildman–Crippen MR) is 88.3 cm³/mol. The summed E-state index contributed by atoms with van der Waals surface area (Å²) in [4.78, 5) is 0. The lowest BCUT2D eigenvalue weighted by Crippen LogP contribution is -2.47. The Morgan fingerprint density at radius 3 is 2.91 bits per heavy atom. The van der Waals surface area contributed by atoms with Gasteiger partial charge in [-0.1, -0.05) is 12.1 Å². The molecule has 1 aromatic rings. The summed E-state index contributed by atoms with van der Waals surface area (Å²) in [6, 6.07) is 6.09. The van der Waals surface area contributed by atoms with E-state index in [9.17, 15) is 8.42 Å². The average Bonchev–Trinajstić information content (AvgIpc) is 2.78. The zero-order valence-electron chi connectivity index (χ0n) is 13.5. The van der Waals surface area contributed by atoms with Crippen molar-refractivity contribution in [3.63, 3.8) is 0 Å². The van der Waals surface area contributed by atoms with Crippen LogP contribution in [0.25, 0.3) is 0 Å². The minimum Gasteiger partial charge on any atom is -0.490 e. The van der Waals surface area contributed by atoms with E-state index in [0.29, 0.717) is 32.8 Å². The molecule has 0 bridgehead atoms.